The fraction of sp³-hybridized carbons (Fsp3) is 0.125. The van der Waals surface area contributed by atoms with Crippen molar-refractivity contribution in [2.75, 3.05) is 5.32 Å². The summed E-state index contributed by atoms with van der Waals surface area (Å²) >= 11 is 0.797. The first-order chi connectivity index (χ1) is 15.8. The molecule has 0 bridgehead atoms. The van der Waals surface area contributed by atoms with Gasteiger partial charge in [-0.05, 0) is 42.7 Å². The summed E-state index contributed by atoms with van der Waals surface area (Å²) in [6.07, 6.45) is 0. The number of nitrogens with zero attached hydrogens (tertiary/aromatic N) is 2. The van der Waals surface area contributed by atoms with Crippen molar-refractivity contribution in [3.63, 3.8) is 0 Å². The van der Waals surface area contributed by atoms with Crippen molar-refractivity contribution in [1.82, 2.24) is 14.9 Å². The number of aryl methyl sites for hydroxylation is 2. The fourth-order valence-corrected chi connectivity index (χ4v) is 5.55. The second-order valence-electron chi connectivity index (χ2n) is 7.52. The lowest BCUT2D eigenvalue weighted by Crippen LogP contribution is -2.30. The molecule has 4 aromatic rings. The third kappa shape index (κ3) is 5.33. The molecule has 33 heavy (non-hydrogen) atoms. The van der Waals surface area contributed by atoms with E-state index in [9.17, 15) is 13.2 Å². The fourth-order valence-electron chi connectivity index (χ4n) is 3.44. The van der Waals surface area contributed by atoms with Gasteiger partial charge in [0, 0.05) is 5.56 Å². The van der Waals surface area contributed by atoms with Crippen LogP contribution in [0.4, 0.5) is 5.13 Å². The van der Waals surface area contributed by atoms with Gasteiger partial charge in [-0.2, -0.15) is 4.72 Å². The van der Waals surface area contributed by atoms with E-state index >= 15 is 0 Å². The molecule has 3 aromatic carbocycles. The number of aromatic nitrogens is 2. The number of amides is 1. The summed E-state index contributed by atoms with van der Waals surface area (Å²) in [4.78, 5) is 12.3. The first-order valence-corrected chi connectivity index (χ1v) is 12.5. The highest BCUT2D eigenvalue weighted by atomic mass is 32.2. The van der Waals surface area contributed by atoms with Crippen LogP contribution >= 0.6 is 11.3 Å². The van der Waals surface area contributed by atoms with E-state index in [1.165, 1.54) is 0 Å². The minimum Gasteiger partial charge on any atom is -0.296 e. The average Bonchev–Trinajstić information content (AvgIpc) is 3.29. The van der Waals surface area contributed by atoms with Crippen LogP contribution in [0.25, 0.3) is 0 Å². The van der Waals surface area contributed by atoms with E-state index < -0.39 is 16.1 Å². The molecule has 0 saturated heterocycles. The molecule has 0 fully saturated rings. The highest BCUT2D eigenvalue weighted by molar-refractivity contribution is 7.91. The first kappa shape index (κ1) is 22.8. The quantitative estimate of drug-likeness (QED) is 0.382. The minimum atomic E-state index is -4.02. The number of anilines is 1. The van der Waals surface area contributed by atoms with Gasteiger partial charge in [0.05, 0.1) is 6.04 Å². The molecule has 1 aromatic heterocycles. The Morgan fingerprint density at radius 2 is 1.58 bits per heavy atom. The molecule has 1 atom stereocenters. The highest BCUT2D eigenvalue weighted by Gasteiger charge is 2.27. The molecule has 0 aliphatic rings. The SMILES string of the molecule is Cc1ccc(C(NS(=O)(=O)c2nnc(NC(=O)c3ccccc3)s2)c2ccccc2)c(C)c1. The third-order valence-electron chi connectivity index (χ3n) is 5.04. The molecule has 0 aliphatic carbocycles. The molecule has 7 nitrogen and oxygen atoms in total. The van der Waals surface area contributed by atoms with Crippen LogP contribution in [0.15, 0.2) is 83.2 Å². The lowest BCUT2D eigenvalue weighted by atomic mass is 9.95. The largest absolute Gasteiger partial charge is 0.296 e. The molecular formula is C24H22N4O3S2. The maximum Gasteiger partial charge on any atom is 0.270 e. The molecule has 1 unspecified atom stereocenters. The van der Waals surface area contributed by atoms with Crippen molar-refractivity contribution in [3.05, 3.63) is 107 Å². The second-order valence-corrected chi connectivity index (χ2v) is 10.4. The Morgan fingerprint density at radius 1 is 0.909 bits per heavy atom. The number of carbonyl (C=O) groups excluding carboxylic acids is 1. The van der Waals surface area contributed by atoms with E-state index in [0.29, 0.717) is 5.56 Å². The van der Waals surface area contributed by atoms with Gasteiger partial charge >= 0.3 is 0 Å². The number of nitrogens with one attached hydrogen (secondary N) is 2. The molecule has 0 saturated carbocycles. The Morgan fingerprint density at radius 3 is 2.24 bits per heavy atom. The molecule has 4 rings (SSSR count). The number of benzene rings is 3. The molecule has 2 N–H and O–H groups in total. The monoisotopic (exact) mass is 478 g/mol. The topological polar surface area (TPSA) is 101 Å². The van der Waals surface area contributed by atoms with E-state index in [-0.39, 0.29) is 15.4 Å². The smallest absolute Gasteiger partial charge is 0.270 e. The normalized spacial score (nSPS) is 12.3. The van der Waals surface area contributed by atoms with Crippen molar-refractivity contribution in [2.24, 2.45) is 0 Å². The van der Waals surface area contributed by atoms with Crippen LogP contribution in [-0.2, 0) is 10.0 Å². The Labute approximate surface area is 196 Å². The van der Waals surface area contributed by atoms with Gasteiger partial charge in [0.25, 0.3) is 15.9 Å². The first-order valence-electron chi connectivity index (χ1n) is 10.2. The van der Waals surface area contributed by atoms with Gasteiger partial charge < -0.3 is 0 Å². The maximum atomic E-state index is 13.2. The van der Waals surface area contributed by atoms with Gasteiger partial charge in [-0.1, -0.05) is 83.6 Å². The Balaban J connectivity index is 1.61. The Kier molecular flexibility index (Phi) is 6.64. The number of rotatable bonds is 7. The molecule has 9 heteroatoms. The predicted octanol–water partition coefficient (Wildman–Crippen LogP) is 4.48. The Hall–Kier alpha value is -3.40. The summed E-state index contributed by atoms with van der Waals surface area (Å²) in [5.41, 5.74) is 4.15. The van der Waals surface area contributed by atoms with Crippen molar-refractivity contribution in [1.29, 1.82) is 0 Å². The summed E-state index contributed by atoms with van der Waals surface area (Å²) in [5.74, 6) is -0.388. The van der Waals surface area contributed by atoms with Crippen molar-refractivity contribution >= 4 is 32.4 Å². The standard InChI is InChI=1S/C24H22N4O3S2/c1-16-13-14-20(17(2)15-16)21(18-9-5-3-6-10-18)28-33(30,31)24-27-26-23(32-24)25-22(29)19-11-7-4-8-12-19/h3-15,21,28H,1-2H3,(H,25,26,29). The zero-order chi connectivity index (χ0) is 23.4. The van der Waals surface area contributed by atoms with Crippen LogP contribution in [0, 0.1) is 13.8 Å². The van der Waals surface area contributed by atoms with Crippen LogP contribution in [-0.4, -0.2) is 24.5 Å². The molecule has 0 aliphatic heterocycles. The summed E-state index contributed by atoms with van der Waals surface area (Å²) in [5, 5.41) is 10.4. The summed E-state index contributed by atoms with van der Waals surface area (Å²) in [6, 6.07) is 23.2. The molecule has 168 valence electrons. The van der Waals surface area contributed by atoms with E-state index in [0.717, 1.165) is 33.6 Å². The van der Waals surface area contributed by atoms with Crippen LogP contribution < -0.4 is 10.0 Å². The number of carbonyl (C=O) groups is 1. The third-order valence-corrected chi connectivity index (χ3v) is 7.66. The van der Waals surface area contributed by atoms with Crippen LogP contribution in [0.1, 0.15) is 38.7 Å². The Bertz CT molecular complexity index is 1370. The zero-order valence-corrected chi connectivity index (χ0v) is 19.7. The van der Waals surface area contributed by atoms with Gasteiger partial charge in [0.2, 0.25) is 9.47 Å². The predicted molar refractivity (Wildman–Crippen MR) is 129 cm³/mol. The van der Waals surface area contributed by atoms with E-state index in [1.807, 2.05) is 62.4 Å². The molecule has 0 spiro atoms. The molecule has 0 radical (unpaired) electrons. The lowest BCUT2D eigenvalue weighted by Gasteiger charge is -2.21. The van der Waals surface area contributed by atoms with Crippen molar-refractivity contribution in [2.45, 2.75) is 24.2 Å². The highest BCUT2D eigenvalue weighted by Crippen LogP contribution is 2.29. The van der Waals surface area contributed by atoms with E-state index in [4.69, 9.17) is 0 Å². The van der Waals surface area contributed by atoms with E-state index in [1.54, 1.807) is 30.3 Å². The lowest BCUT2D eigenvalue weighted by molar-refractivity contribution is 0.102. The molecular weight excluding hydrogens is 456 g/mol. The molecule has 1 heterocycles. The van der Waals surface area contributed by atoms with E-state index in [2.05, 4.69) is 20.2 Å². The number of hydrogen-bond donors (Lipinski definition) is 2. The van der Waals surface area contributed by atoms with Gasteiger partial charge in [0.15, 0.2) is 0 Å². The number of hydrogen-bond acceptors (Lipinski definition) is 6. The minimum absolute atomic E-state index is 0.104. The van der Waals surface area contributed by atoms with Crippen LogP contribution in [0.5, 0.6) is 0 Å². The second kappa shape index (κ2) is 9.62. The average molecular weight is 479 g/mol. The van der Waals surface area contributed by atoms with Gasteiger partial charge in [-0.15, -0.1) is 10.2 Å². The number of sulfonamides is 1. The van der Waals surface area contributed by atoms with Gasteiger partial charge in [-0.3, -0.25) is 10.1 Å². The van der Waals surface area contributed by atoms with Crippen molar-refractivity contribution in [3.8, 4) is 0 Å². The summed E-state index contributed by atoms with van der Waals surface area (Å²) in [6.45, 7) is 3.94. The zero-order valence-electron chi connectivity index (χ0n) is 18.0. The molecule has 1 amide bonds. The van der Waals surface area contributed by atoms with Crippen LogP contribution in [0.2, 0.25) is 0 Å². The summed E-state index contributed by atoms with van der Waals surface area (Å²) < 4.78 is 29.0. The van der Waals surface area contributed by atoms with Crippen molar-refractivity contribution < 1.29 is 13.2 Å². The summed E-state index contributed by atoms with van der Waals surface area (Å²) in [7, 11) is -4.02. The maximum absolute atomic E-state index is 13.2. The van der Waals surface area contributed by atoms with Crippen LogP contribution in [0.3, 0.4) is 0 Å². The van der Waals surface area contributed by atoms with Gasteiger partial charge in [-0.25, -0.2) is 8.42 Å². The van der Waals surface area contributed by atoms with Gasteiger partial charge in [0.1, 0.15) is 0 Å².